The van der Waals surface area contributed by atoms with Gasteiger partial charge < -0.3 is 14.4 Å². The Morgan fingerprint density at radius 1 is 0.929 bits per heavy atom. The third-order valence-corrected chi connectivity index (χ3v) is 5.61. The second-order valence-electron chi connectivity index (χ2n) is 6.65. The minimum atomic E-state index is 0.719. The molecule has 0 atom stereocenters. The summed E-state index contributed by atoms with van der Waals surface area (Å²) in [5.41, 5.74) is 2.04. The maximum atomic E-state index is 10.9. The Hall–Kier alpha value is -2.27. The van der Waals surface area contributed by atoms with E-state index in [4.69, 9.17) is 9.47 Å². The average molecular weight is 402 g/mol. The highest BCUT2D eigenvalue weighted by Crippen LogP contribution is 2.36. The lowest BCUT2D eigenvalue weighted by Crippen LogP contribution is -2.25. The normalized spacial score (nSPS) is 11.0. The van der Waals surface area contributed by atoms with E-state index in [9.17, 15) is 4.79 Å². The molecule has 2 rings (SSSR count). The molecule has 0 spiro atoms. The summed E-state index contributed by atoms with van der Waals surface area (Å²) in [5.74, 6) is 1.58. The van der Waals surface area contributed by atoms with Gasteiger partial charge in [0.15, 0.2) is 6.29 Å². The van der Waals surface area contributed by atoms with Gasteiger partial charge in [-0.15, -0.1) is 11.3 Å². The second-order valence-corrected chi connectivity index (χ2v) is 7.80. The van der Waals surface area contributed by atoms with Crippen LogP contribution in [-0.2, 0) is 0 Å². The smallest absolute Gasteiger partial charge is 0.160 e. The first-order valence-electron chi connectivity index (χ1n) is 9.90. The number of benzene rings is 1. The number of thiophene rings is 1. The topological polar surface area (TPSA) is 38.8 Å². The van der Waals surface area contributed by atoms with E-state index in [1.165, 1.54) is 24.2 Å². The number of carbonyl (C=O) groups excluding carboxylic acids is 1. The van der Waals surface area contributed by atoms with Crippen LogP contribution in [0.15, 0.2) is 24.3 Å². The Bertz CT molecular complexity index is 749. The molecule has 0 amide bonds. The van der Waals surface area contributed by atoms with Crippen molar-refractivity contribution in [2.75, 3.05) is 32.2 Å². The Morgan fingerprint density at radius 2 is 1.50 bits per heavy atom. The zero-order chi connectivity index (χ0) is 20.4. The molecule has 0 fully saturated rings. The summed E-state index contributed by atoms with van der Waals surface area (Å²) < 4.78 is 11.4. The molecule has 1 aromatic carbocycles. The summed E-state index contributed by atoms with van der Waals surface area (Å²) in [5, 5.41) is 0. The molecule has 0 aliphatic rings. The van der Waals surface area contributed by atoms with Crippen molar-refractivity contribution in [1.29, 1.82) is 0 Å². The van der Waals surface area contributed by atoms with Crippen molar-refractivity contribution < 1.29 is 14.3 Å². The fourth-order valence-corrected chi connectivity index (χ4v) is 3.76. The van der Waals surface area contributed by atoms with Gasteiger partial charge in [-0.2, -0.15) is 0 Å². The molecule has 152 valence electrons. The van der Waals surface area contributed by atoms with Crippen LogP contribution < -0.4 is 14.4 Å². The number of nitrogens with zero attached hydrogens (tertiary/aromatic N) is 1. The third kappa shape index (κ3) is 5.86. The fraction of sp³-hybridized carbons (Fsp3) is 0.435. The van der Waals surface area contributed by atoms with Gasteiger partial charge in [-0.05, 0) is 37.1 Å². The molecule has 5 heteroatoms. The Balaban J connectivity index is 2.36. The minimum absolute atomic E-state index is 0.719. The molecular weight excluding hydrogens is 370 g/mol. The molecule has 0 unspecified atom stereocenters. The standard InChI is InChI=1S/C23H31NO3S/c1-5-7-13-24(14-8-6-2)18-15-22(26-3)21(23(16-18)27-4)12-11-19-9-10-20(17-25)28-19/h9-12,15-17H,5-8,13-14H2,1-4H3/b12-11+. The zero-order valence-electron chi connectivity index (χ0n) is 17.4. The summed E-state index contributed by atoms with van der Waals surface area (Å²) in [6, 6.07) is 7.96. The number of ether oxygens (including phenoxy) is 2. The summed E-state index contributed by atoms with van der Waals surface area (Å²) in [6.45, 7) is 6.49. The summed E-state index contributed by atoms with van der Waals surface area (Å²) >= 11 is 1.46. The number of carbonyl (C=O) groups is 1. The fourth-order valence-electron chi connectivity index (χ4n) is 3.03. The van der Waals surface area contributed by atoms with Crippen molar-refractivity contribution in [3.8, 4) is 11.5 Å². The molecule has 0 saturated heterocycles. The predicted octanol–water partition coefficient (Wildman–Crippen LogP) is 6.15. The molecule has 0 aliphatic carbocycles. The Morgan fingerprint density at radius 3 is 1.96 bits per heavy atom. The van der Waals surface area contributed by atoms with Gasteiger partial charge in [0.1, 0.15) is 11.5 Å². The number of anilines is 1. The van der Waals surface area contributed by atoms with Crippen LogP contribution in [0.3, 0.4) is 0 Å². The van der Waals surface area contributed by atoms with E-state index in [0.717, 1.165) is 64.7 Å². The molecule has 1 heterocycles. The number of hydrogen-bond acceptors (Lipinski definition) is 5. The maximum Gasteiger partial charge on any atom is 0.160 e. The first-order chi connectivity index (χ1) is 13.7. The van der Waals surface area contributed by atoms with Crippen molar-refractivity contribution >= 4 is 35.5 Å². The highest BCUT2D eigenvalue weighted by Gasteiger charge is 2.14. The predicted molar refractivity (Wildman–Crippen MR) is 120 cm³/mol. The van der Waals surface area contributed by atoms with Gasteiger partial charge >= 0.3 is 0 Å². The van der Waals surface area contributed by atoms with Gasteiger partial charge in [0.2, 0.25) is 0 Å². The molecule has 0 radical (unpaired) electrons. The largest absolute Gasteiger partial charge is 0.496 e. The van der Waals surface area contributed by atoms with Crippen molar-refractivity contribution in [2.24, 2.45) is 0 Å². The summed E-state index contributed by atoms with van der Waals surface area (Å²) in [4.78, 5) is 15.0. The lowest BCUT2D eigenvalue weighted by molar-refractivity contribution is 0.112. The Labute approximate surface area is 172 Å². The van der Waals surface area contributed by atoms with Gasteiger partial charge in [0.05, 0.1) is 24.7 Å². The van der Waals surface area contributed by atoms with Crippen LogP contribution in [0.1, 0.15) is 59.6 Å². The molecule has 0 N–H and O–H groups in total. The number of methoxy groups -OCH3 is 2. The van der Waals surface area contributed by atoms with Gasteiger partial charge in [0, 0.05) is 35.8 Å². The number of aldehydes is 1. The molecular formula is C23H31NO3S. The number of rotatable bonds is 12. The third-order valence-electron chi connectivity index (χ3n) is 4.64. The van der Waals surface area contributed by atoms with E-state index in [1.54, 1.807) is 14.2 Å². The van der Waals surface area contributed by atoms with Crippen LogP contribution in [0, 0.1) is 0 Å². The van der Waals surface area contributed by atoms with Gasteiger partial charge in [-0.3, -0.25) is 4.79 Å². The average Bonchev–Trinajstić information content (AvgIpc) is 3.19. The first kappa shape index (κ1) is 22.0. The van der Waals surface area contributed by atoms with Crippen molar-refractivity contribution in [3.63, 3.8) is 0 Å². The summed E-state index contributed by atoms with van der Waals surface area (Å²) in [6.07, 6.45) is 9.51. The molecule has 1 aromatic heterocycles. The van der Waals surface area contributed by atoms with Crippen molar-refractivity contribution in [1.82, 2.24) is 0 Å². The van der Waals surface area contributed by atoms with E-state index >= 15 is 0 Å². The van der Waals surface area contributed by atoms with Gasteiger partial charge in [-0.25, -0.2) is 0 Å². The lowest BCUT2D eigenvalue weighted by atomic mass is 10.1. The van der Waals surface area contributed by atoms with Crippen LogP contribution in [0.25, 0.3) is 12.2 Å². The maximum absolute atomic E-state index is 10.9. The molecule has 2 aromatic rings. The number of hydrogen-bond donors (Lipinski definition) is 0. The second kappa shape index (κ2) is 11.5. The van der Waals surface area contributed by atoms with E-state index in [-0.39, 0.29) is 0 Å². The molecule has 0 bridgehead atoms. The van der Waals surface area contributed by atoms with Crippen LogP contribution in [0.2, 0.25) is 0 Å². The van der Waals surface area contributed by atoms with E-state index in [2.05, 4.69) is 30.9 Å². The van der Waals surface area contributed by atoms with Crippen molar-refractivity contribution in [3.05, 3.63) is 39.6 Å². The van der Waals surface area contributed by atoms with E-state index < -0.39 is 0 Å². The zero-order valence-corrected chi connectivity index (χ0v) is 18.2. The van der Waals surface area contributed by atoms with Crippen LogP contribution in [-0.4, -0.2) is 33.6 Å². The monoisotopic (exact) mass is 401 g/mol. The Kier molecular flexibility index (Phi) is 9.08. The minimum Gasteiger partial charge on any atom is -0.496 e. The van der Waals surface area contributed by atoms with Crippen molar-refractivity contribution in [2.45, 2.75) is 39.5 Å². The van der Waals surface area contributed by atoms with Crippen LogP contribution >= 0.6 is 11.3 Å². The van der Waals surface area contributed by atoms with Crippen LogP contribution in [0.5, 0.6) is 11.5 Å². The quantitative estimate of drug-likeness (QED) is 0.400. The first-order valence-corrected chi connectivity index (χ1v) is 10.7. The molecule has 0 saturated carbocycles. The molecule has 28 heavy (non-hydrogen) atoms. The highest BCUT2D eigenvalue weighted by molar-refractivity contribution is 7.14. The van der Waals surface area contributed by atoms with E-state index in [1.807, 2.05) is 24.3 Å². The lowest BCUT2D eigenvalue weighted by Gasteiger charge is -2.26. The molecule has 0 aliphatic heterocycles. The molecule has 4 nitrogen and oxygen atoms in total. The van der Waals surface area contributed by atoms with Gasteiger partial charge in [0.25, 0.3) is 0 Å². The number of unbranched alkanes of at least 4 members (excludes halogenated alkanes) is 2. The van der Waals surface area contributed by atoms with E-state index in [0.29, 0.717) is 0 Å². The SMILES string of the molecule is CCCCN(CCCC)c1cc(OC)c(/C=C/c2ccc(C=O)s2)c(OC)c1. The van der Waals surface area contributed by atoms with Crippen LogP contribution in [0.4, 0.5) is 5.69 Å². The van der Waals surface area contributed by atoms with Gasteiger partial charge in [-0.1, -0.05) is 26.7 Å². The highest BCUT2D eigenvalue weighted by atomic mass is 32.1. The summed E-state index contributed by atoms with van der Waals surface area (Å²) in [7, 11) is 3.38.